The number of amides is 1. The number of anilines is 1. The molecular formula is C15H15N3O2. The van der Waals surface area contributed by atoms with E-state index in [-0.39, 0.29) is 12.5 Å². The number of nitrogens with one attached hydrogen (secondary N) is 2. The summed E-state index contributed by atoms with van der Waals surface area (Å²) in [7, 11) is 0. The Morgan fingerprint density at radius 3 is 2.60 bits per heavy atom. The molecule has 20 heavy (non-hydrogen) atoms. The van der Waals surface area contributed by atoms with Crippen LogP contribution in [0.25, 0.3) is 0 Å². The van der Waals surface area contributed by atoms with Crippen LogP contribution in [0.4, 0.5) is 5.69 Å². The number of hydrogen-bond donors (Lipinski definition) is 3. The van der Waals surface area contributed by atoms with Crippen molar-refractivity contribution in [3.05, 3.63) is 46.8 Å². The molecule has 3 N–H and O–H groups in total. The average Bonchev–Trinajstić information content (AvgIpc) is 2.77. The highest BCUT2D eigenvalue weighted by Gasteiger charge is 2.11. The molecule has 0 bridgehead atoms. The van der Waals surface area contributed by atoms with Crippen LogP contribution in [0, 0.1) is 25.7 Å². The van der Waals surface area contributed by atoms with Gasteiger partial charge in [0.25, 0.3) is 5.91 Å². The number of rotatable bonds is 2. The second-order valence-electron chi connectivity index (χ2n) is 4.30. The Kier molecular flexibility index (Phi) is 4.18. The van der Waals surface area contributed by atoms with Gasteiger partial charge in [-0.25, -0.2) is 0 Å². The summed E-state index contributed by atoms with van der Waals surface area (Å²) in [6.45, 7) is 3.50. The van der Waals surface area contributed by atoms with Crippen molar-refractivity contribution in [2.75, 3.05) is 11.9 Å². The zero-order valence-corrected chi connectivity index (χ0v) is 11.3. The van der Waals surface area contributed by atoms with E-state index in [0.29, 0.717) is 11.3 Å². The maximum atomic E-state index is 12.1. The van der Waals surface area contributed by atoms with Gasteiger partial charge >= 0.3 is 0 Å². The number of hydrogen-bond acceptors (Lipinski definition) is 3. The van der Waals surface area contributed by atoms with Gasteiger partial charge in [0.15, 0.2) is 0 Å². The molecule has 1 aromatic heterocycles. The molecule has 2 aromatic rings. The standard InChI is InChI=1S/C15H15N3O2/c1-10-14(11(2)18-17-10)16-15(20)13-7-5-12(6-8-13)4-3-9-19/h5-8,19H,9H2,1-2H3,(H,16,20)(H,17,18). The van der Waals surface area contributed by atoms with Crippen LogP contribution in [0.15, 0.2) is 24.3 Å². The Labute approximate surface area is 117 Å². The lowest BCUT2D eigenvalue weighted by molar-refractivity contribution is 0.102. The Bertz CT molecular complexity index is 656. The molecular weight excluding hydrogens is 254 g/mol. The highest BCUT2D eigenvalue weighted by molar-refractivity contribution is 6.04. The lowest BCUT2D eigenvalue weighted by atomic mass is 10.1. The largest absolute Gasteiger partial charge is 0.384 e. The topological polar surface area (TPSA) is 78.0 Å². The van der Waals surface area contributed by atoms with Gasteiger partial charge in [-0.05, 0) is 38.1 Å². The summed E-state index contributed by atoms with van der Waals surface area (Å²) in [6.07, 6.45) is 0. The Hall–Kier alpha value is -2.58. The molecule has 0 aliphatic heterocycles. The third kappa shape index (κ3) is 3.05. The Balaban J connectivity index is 2.14. The molecule has 0 aliphatic rings. The minimum Gasteiger partial charge on any atom is -0.384 e. The molecule has 2 rings (SSSR count). The van der Waals surface area contributed by atoms with Crippen LogP contribution in [-0.4, -0.2) is 27.8 Å². The maximum Gasteiger partial charge on any atom is 0.255 e. The summed E-state index contributed by atoms with van der Waals surface area (Å²) in [6, 6.07) is 6.88. The van der Waals surface area contributed by atoms with Gasteiger partial charge in [0.05, 0.1) is 17.1 Å². The van der Waals surface area contributed by atoms with E-state index >= 15 is 0 Å². The summed E-state index contributed by atoms with van der Waals surface area (Å²) in [5, 5.41) is 18.3. The lowest BCUT2D eigenvalue weighted by Crippen LogP contribution is -2.12. The van der Waals surface area contributed by atoms with Gasteiger partial charge in [0.2, 0.25) is 0 Å². The molecule has 5 heteroatoms. The van der Waals surface area contributed by atoms with Crippen molar-refractivity contribution in [1.82, 2.24) is 10.2 Å². The van der Waals surface area contributed by atoms with Gasteiger partial charge in [-0.15, -0.1) is 0 Å². The zero-order valence-electron chi connectivity index (χ0n) is 11.3. The van der Waals surface area contributed by atoms with Crippen LogP contribution in [0.3, 0.4) is 0 Å². The van der Waals surface area contributed by atoms with Gasteiger partial charge in [0, 0.05) is 11.1 Å². The quantitative estimate of drug-likeness (QED) is 0.725. The molecule has 0 radical (unpaired) electrons. The second kappa shape index (κ2) is 6.04. The Morgan fingerprint density at radius 1 is 1.35 bits per heavy atom. The fourth-order valence-electron chi connectivity index (χ4n) is 1.77. The monoisotopic (exact) mass is 269 g/mol. The number of benzene rings is 1. The van der Waals surface area contributed by atoms with E-state index in [1.807, 2.05) is 13.8 Å². The number of aryl methyl sites for hydroxylation is 2. The van der Waals surface area contributed by atoms with Gasteiger partial charge in [-0.1, -0.05) is 11.8 Å². The van der Waals surface area contributed by atoms with Crippen LogP contribution >= 0.6 is 0 Å². The number of carbonyl (C=O) groups is 1. The van der Waals surface area contributed by atoms with Crippen LogP contribution in [0.1, 0.15) is 27.3 Å². The highest BCUT2D eigenvalue weighted by atomic mass is 16.2. The molecule has 0 saturated heterocycles. The minimum atomic E-state index is -0.195. The van der Waals surface area contributed by atoms with Gasteiger partial charge in [-0.3, -0.25) is 9.89 Å². The number of aromatic nitrogens is 2. The van der Waals surface area contributed by atoms with E-state index in [1.165, 1.54) is 0 Å². The van der Waals surface area contributed by atoms with E-state index < -0.39 is 0 Å². The first-order chi connectivity index (χ1) is 9.61. The summed E-state index contributed by atoms with van der Waals surface area (Å²) < 4.78 is 0. The highest BCUT2D eigenvalue weighted by Crippen LogP contribution is 2.17. The predicted octanol–water partition coefficient (Wildman–Crippen LogP) is 1.62. The van der Waals surface area contributed by atoms with Gasteiger partial charge in [0.1, 0.15) is 6.61 Å². The van der Waals surface area contributed by atoms with E-state index in [9.17, 15) is 4.79 Å². The number of aliphatic hydroxyl groups is 1. The molecule has 1 amide bonds. The van der Waals surface area contributed by atoms with Gasteiger partial charge in [-0.2, -0.15) is 5.10 Å². The molecule has 1 heterocycles. The van der Waals surface area contributed by atoms with Crippen molar-refractivity contribution in [3.63, 3.8) is 0 Å². The SMILES string of the molecule is Cc1n[nH]c(C)c1NC(=O)c1ccc(C#CCO)cc1. The van der Waals surface area contributed by atoms with Crippen LogP contribution in [0.5, 0.6) is 0 Å². The first kappa shape index (κ1) is 13.8. The maximum absolute atomic E-state index is 12.1. The minimum absolute atomic E-state index is 0.179. The van der Waals surface area contributed by atoms with Crippen LogP contribution in [0.2, 0.25) is 0 Å². The van der Waals surface area contributed by atoms with Gasteiger partial charge < -0.3 is 10.4 Å². The summed E-state index contributed by atoms with van der Waals surface area (Å²) in [5.74, 6) is 5.14. The summed E-state index contributed by atoms with van der Waals surface area (Å²) >= 11 is 0. The second-order valence-corrected chi connectivity index (χ2v) is 4.30. The van der Waals surface area contributed by atoms with E-state index in [2.05, 4.69) is 27.4 Å². The van der Waals surface area contributed by atoms with Crippen molar-refractivity contribution in [3.8, 4) is 11.8 Å². The molecule has 0 spiro atoms. The predicted molar refractivity (Wildman–Crippen MR) is 76.4 cm³/mol. The average molecular weight is 269 g/mol. The lowest BCUT2D eigenvalue weighted by Gasteiger charge is -2.05. The van der Waals surface area contributed by atoms with Crippen molar-refractivity contribution >= 4 is 11.6 Å². The molecule has 1 aromatic carbocycles. The number of aliphatic hydroxyl groups excluding tert-OH is 1. The van der Waals surface area contributed by atoms with Crippen molar-refractivity contribution in [2.45, 2.75) is 13.8 Å². The van der Waals surface area contributed by atoms with Crippen LogP contribution < -0.4 is 5.32 Å². The third-order valence-corrected chi connectivity index (χ3v) is 2.83. The van der Waals surface area contributed by atoms with Crippen molar-refractivity contribution < 1.29 is 9.90 Å². The molecule has 0 aliphatic carbocycles. The zero-order chi connectivity index (χ0) is 14.5. The first-order valence-corrected chi connectivity index (χ1v) is 6.14. The molecule has 0 atom stereocenters. The fraction of sp³-hybridized carbons (Fsp3) is 0.200. The Morgan fingerprint density at radius 2 is 2.05 bits per heavy atom. The van der Waals surface area contributed by atoms with E-state index in [0.717, 1.165) is 17.0 Å². The third-order valence-electron chi connectivity index (χ3n) is 2.83. The number of carbonyl (C=O) groups excluding carboxylic acids is 1. The number of H-pyrrole nitrogens is 1. The van der Waals surface area contributed by atoms with E-state index in [1.54, 1.807) is 24.3 Å². The summed E-state index contributed by atoms with van der Waals surface area (Å²) in [4.78, 5) is 12.1. The molecule has 5 nitrogen and oxygen atoms in total. The molecule has 0 fully saturated rings. The van der Waals surface area contributed by atoms with Crippen LogP contribution in [-0.2, 0) is 0 Å². The smallest absolute Gasteiger partial charge is 0.255 e. The molecule has 102 valence electrons. The van der Waals surface area contributed by atoms with E-state index in [4.69, 9.17) is 5.11 Å². The number of nitrogens with zero attached hydrogens (tertiary/aromatic N) is 1. The normalized spacial score (nSPS) is 9.75. The molecule has 0 saturated carbocycles. The fourth-order valence-corrected chi connectivity index (χ4v) is 1.77. The van der Waals surface area contributed by atoms with Crippen molar-refractivity contribution in [2.24, 2.45) is 0 Å². The summed E-state index contributed by atoms with van der Waals surface area (Å²) in [5.41, 5.74) is 3.58. The van der Waals surface area contributed by atoms with Crippen molar-refractivity contribution in [1.29, 1.82) is 0 Å². The number of aromatic amines is 1. The molecule has 0 unspecified atom stereocenters. The first-order valence-electron chi connectivity index (χ1n) is 6.14.